The highest BCUT2D eigenvalue weighted by atomic mass is 32.1. The first-order valence-corrected chi connectivity index (χ1v) is 17.5. The fourth-order valence-electron chi connectivity index (χ4n) is 6.51. The summed E-state index contributed by atoms with van der Waals surface area (Å²) in [5.74, 6) is 0. The maximum atomic E-state index is 5.70. The van der Waals surface area contributed by atoms with Gasteiger partial charge in [-0.15, -0.1) is 0 Å². The minimum absolute atomic E-state index is 0.645. The molecule has 1 fully saturated rings. The smallest absolute Gasteiger partial charge is 0.170 e. The van der Waals surface area contributed by atoms with Gasteiger partial charge in [-0.05, 0) is 74.6 Å². The second-order valence-corrected chi connectivity index (χ2v) is 13.0. The largest absolute Gasteiger partial charge is 0.362 e. The van der Waals surface area contributed by atoms with Crippen LogP contribution in [0.15, 0.2) is 97.1 Å². The number of hydrogen-bond donors (Lipinski definition) is 4. The molecule has 0 spiro atoms. The van der Waals surface area contributed by atoms with Gasteiger partial charge in [-0.1, -0.05) is 72.8 Å². The van der Waals surface area contributed by atoms with Crippen LogP contribution < -0.4 is 21.3 Å². The molecule has 8 nitrogen and oxygen atoms in total. The number of rotatable bonds is 10. The summed E-state index contributed by atoms with van der Waals surface area (Å²) in [6.07, 6.45) is 2.08. The van der Waals surface area contributed by atoms with Crippen LogP contribution in [0.3, 0.4) is 0 Å². The van der Waals surface area contributed by atoms with Crippen LogP contribution >= 0.6 is 24.4 Å². The predicted octanol–water partition coefficient (Wildman–Crippen LogP) is 6.76. The van der Waals surface area contributed by atoms with Crippen LogP contribution in [0, 0.1) is 0 Å². The van der Waals surface area contributed by atoms with Gasteiger partial charge in [0.2, 0.25) is 0 Å². The highest BCUT2D eigenvalue weighted by molar-refractivity contribution is 7.80. The van der Waals surface area contributed by atoms with Gasteiger partial charge in [0.25, 0.3) is 0 Å². The standard InChI is InChI=1S/C38H40N8S2/c47-37(43-35-27-11-1-5-15-31(27)41-32-16-6-2-12-28(32)35)39-19-9-21-45-23-25-46(26-24-45)22-10-20-40-38(48)44-36-29-13-3-7-17-33(29)42-34-18-8-4-14-30(34)36/h1-8,11-18H,9-10,19-26H2,(H2,39,41,43,47)(H2,40,42,44,48). The lowest BCUT2D eigenvalue weighted by atomic mass is 10.1. The van der Waals surface area contributed by atoms with E-state index in [1.807, 2.05) is 72.8 Å². The van der Waals surface area contributed by atoms with Crippen LogP contribution in [0.2, 0.25) is 0 Å². The van der Waals surface area contributed by atoms with E-state index in [1.54, 1.807) is 0 Å². The van der Waals surface area contributed by atoms with Crippen molar-refractivity contribution < 1.29 is 0 Å². The highest BCUT2D eigenvalue weighted by Crippen LogP contribution is 2.31. The first-order valence-electron chi connectivity index (χ1n) is 16.7. The molecule has 4 aromatic carbocycles. The van der Waals surface area contributed by atoms with E-state index in [4.69, 9.17) is 34.4 Å². The molecule has 1 aliphatic heterocycles. The van der Waals surface area contributed by atoms with Crippen molar-refractivity contribution in [3.05, 3.63) is 97.1 Å². The molecule has 3 heterocycles. The predicted molar refractivity (Wildman–Crippen MR) is 209 cm³/mol. The van der Waals surface area contributed by atoms with E-state index in [9.17, 15) is 0 Å². The minimum atomic E-state index is 0.645. The van der Waals surface area contributed by atoms with Gasteiger partial charge in [-0.3, -0.25) is 0 Å². The lowest BCUT2D eigenvalue weighted by molar-refractivity contribution is 0.131. The fourth-order valence-corrected chi connectivity index (χ4v) is 6.92. The van der Waals surface area contributed by atoms with Gasteiger partial charge in [-0.2, -0.15) is 0 Å². The zero-order chi connectivity index (χ0) is 32.7. The zero-order valence-electron chi connectivity index (χ0n) is 26.9. The monoisotopic (exact) mass is 672 g/mol. The van der Waals surface area contributed by atoms with E-state index in [0.29, 0.717) is 10.2 Å². The second-order valence-electron chi connectivity index (χ2n) is 12.2. The zero-order valence-corrected chi connectivity index (χ0v) is 28.5. The Morgan fingerprint density at radius 1 is 0.500 bits per heavy atom. The van der Waals surface area contributed by atoms with Crippen molar-refractivity contribution in [1.82, 2.24) is 30.4 Å². The molecule has 1 saturated heterocycles. The third-order valence-electron chi connectivity index (χ3n) is 8.99. The Labute approximate surface area is 291 Å². The second kappa shape index (κ2) is 15.2. The van der Waals surface area contributed by atoms with Crippen molar-refractivity contribution >= 4 is 89.6 Å². The molecule has 4 N–H and O–H groups in total. The maximum Gasteiger partial charge on any atom is 0.170 e. The van der Waals surface area contributed by atoms with Crippen molar-refractivity contribution in [2.45, 2.75) is 12.8 Å². The molecule has 6 aromatic rings. The summed E-state index contributed by atoms with van der Waals surface area (Å²) in [5, 5.41) is 19.4. The summed E-state index contributed by atoms with van der Waals surface area (Å²) in [4.78, 5) is 14.7. The van der Waals surface area contributed by atoms with Gasteiger partial charge in [-0.25, -0.2) is 9.97 Å². The number of pyridine rings is 2. The average molecular weight is 673 g/mol. The Bertz CT molecular complexity index is 1820. The number of nitrogens with one attached hydrogen (secondary N) is 4. The van der Waals surface area contributed by atoms with Crippen molar-refractivity contribution in [1.29, 1.82) is 0 Å². The van der Waals surface area contributed by atoms with Crippen molar-refractivity contribution in [3.8, 4) is 0 Å². The van der Waals surface area contributed by atoms with Crippen LogP contribution in [0.25, 0.3) is 43.6 Å². The van der Waals surface area contributed by atoms with Gasteiger partial charge < -0.3 is 31.1 Å². The Balaban J connectivity index is 0.806. The van der Waals surface area contributed by atoms with Crippen molar-refractivity contribution in [3.63, 3.8) is 0 Å². The molecule has 0 bridgehead atoms. The van der Waals surface area contributed by atoms with Gasteiger partial charge >= 0.3 is 0 Å². The van der Waals surface area contributed by atoms with Crippen molar-refractivity contribution in [2.24, 2.45) is 0 Å². The fraction of sp³-hybridized carbons (Fsp3) is 0.263. The molecular weight excluding hydrogens is 633 g/mol. The summed E-state index contributed by atoms with van der Waals surface area (Å²) in [6, 6.07) is 32.8. The maximum absolute atomic E-state index is 5.70. The lowest BCUT2D eigenvalue weighted by Crippen LogP contribution is -2.47. The number of aromatic nitrogens is 2. The molecular formula is C38H40N8S2. The summed E-state index contributed by atoms with van der Waals surface area (Å²) in [6.45, 7) is 8.14. The first-order chi connectivity index (χ1) is 23.6. The van der Waals surface area contributed by atoms with Crippen LogP contribution in [-0.2, 0) is 0 Å². The van der Waals surface area contributed by atoms with Crippen LogP contribution in [0.4, 0.5) is 11.4 Å². The number of para-hydroxylation sites is 4. The SMILES string of the molecule is S=C(NCCCN1CCN(CCCNC(=S)Nc2c3ccccc3nc3ccccc23)CC1)Nc1c2ccccc2nc2ccccc12. The molecule has 0 radical (unpaired) electrons. The molecule has 10 heteroatoms. The number of benzene rings is 4. The highest BCUT2D eigenvalue weighted by Gasteiger charge is 2.17. The molecule has 0 amide bonds. The molecule has 1 aliphatic rings. The summed E-state index contributed by atoms with van der Waals surface area (Å²) in [5.41, 5.74) is 5.85. The molecule has 48 heavy (non-hydrogen) atoms. The third kappa shape index (κ3) is 7.47. The average Bonchev–Trinajstić information content (AvgIpc) is 3.12. The molecule has 0 atom stereocenters. The Kier molecular flexibility index (Phi) is 10.1. The molecule has 244 valence electrons. The molecule has 2 aromatic heterocycles. The van der Waals surface area contributed by atoms with Gasteiger partial charge in [0.1, 0.15) is 0 Å². The lowest BCUT2D eigenvalue weighted by Gasteiger charge is -2.34. The van der Waals surface area contributed by atoms with Crippen molar-refractivity contribution in [2.75, 3.05) is 63.0 Å². The minimum Gasteiger partial charge on any atom is -0.362 e. The van der Waals surface area contributed by atoms with Gasteiger partial charge in [0.05, 0.1) is 33.4 Å². The number of fused-ring (bicyclic) bond motifs is 4. The number of nitrogens with zero attached hydrogens (tertiary/aromatic N) is 4. The summed E-state index contributed by atoms with van der Waals surface area (Å²) >= 11 is 11.4. The van der Waals surface area contributed by atoms with Crippen LogP contribution in [-0.4, -0.2) is 82.4 Å². The van der Waals surface area contributed by atoms with Crippen LogP contribution in [0.5, 0.6) is 0 Å². The number of thiocarbonyl (C=S) groups is 2. The summed E-state index contributed by atoms with van der Waals surface area (Å²) in [7, 11) is 0. The normalized spacial score (nSPS) is 14.0. The molecule has 0 aliphatic carbocycles. The van der Waals surface area contributed by atoms with E-state index in [-0.39, 0.29) is 0 Å². The third-order valence-corrected chi connectivity index (χ3v) is 9.48. The quantitative estimate of drug-likeness (QED) is 0.0713. The van der Waals surface area contributed by atoms with E-state index >= 15 is 0 Å². The topological polar surface area (TPSA) is 80.4 Å². The van der Waals surface area contributed by atoms with Gasteiger partial charge in [0.15, 0.2) is 10.2 Å². The van der Waals surface area contributed by atoms with E-state index in [1.165, 1.54) is 0 Å². The summed E-state index contributed by atoms with van der Waals surface area (Å²) < 4.78 is 0. The van der Waals surface area contributed by atoms with E-state index < -0.39 is 0 Å². The molecule has 0 saturated carbocycles. The Hall–Kier alpha value is -4.48. The van der Waals surface area contributed by atoms with Crippen LogP contribution in [0.1, 0.15) is 12.8 Å². The molecule has 7 rings (SSSR count). The number of piperazine rings is 1. The number of hydrogen-bond acceptors (Lipinski definition) is 6. The number of anilines is 2. The Morgan fingerprint density at radius 2 is 0.812 bits per heavy atom. The Morgan fingerprint density at radius 3 is 1.15 bits per heavy atom. The first kappa shape index (κ1) is 32.1. The molecule has 0 unspecified atom stereocenters. The van der Waals surface area contributed by atoms with E-state index in [2.05, 4.69) is 55.3 Å². The van der Waals surface area contributed by atoms with Gasteiger partial charge in [0, 0.05) is 60.8 Å². The van der Waals surface area contributed by atoms with E-state index in [0.717, 1.165) is 120 Å².